The Morgan fingerprint density at radius 1 is 0.918 bits per heavy atom. The highest BCUT2D eigenvalue weighted by molar-refractivity contribution is 6.31. The number of likely N-dealkylation sites (tertiary alicyclic amines) is 2. The maximum atomic E-state index is 13.0. The van der Waals surface area contributed by atoms with Crippen LogP contribution in [0.15, 0.2) is 72.9 Å². The number of aryl methyl sites for hydroxylation is 1. The van der Waals surface area contributed by atoms with Crippen LogP contribution < -0.4 is 10.5 Å². The first-order valence-electron chi connectivity index (χ1n) is 17.6. The largest absolute Gasteiger partial charge is 0.573 e. The number of ether oxygens (including phenoxy) is 1. The summed E-state index contributed by atoms with van der Waals surface area (Å²) in [5.41, 5.74) is 11.1. The van der Waals surface area contributed by atoms with Gasteiger partial charge in [-0.1, -0.05) is 67.3 Å². The Morgan fingerprint density at radius 3 is 2.33 bits per heavy atom. The predicted octanol–water partition coefficient (Wildman–Crippen LogP) is 8.72. The van der Waals surface area contributed by atoms with Gasteiger partial charge in [0.05, 0.1) is 5.54 Å². The van der Waals surface area contributed by atoms with E-state index in [0.29, 0.717) is 18.5 Å². The molecule has 3 aliphatic rings. The number of nitrogens with two attached hydrogens (primary N) is 1. The van der Waals surface area contributed by atoms with Crippen LogP contribution >= 0.6 is 11.6 Å². The fourth-order valence-corrected chi connectivity index (χ4v) is 8.47. The smallest absolute Gasteiger partial charge is 0.406 e. The fraction of sp³-hybridized carbons (Fsp3) is 0.462. The maximum absolute atomic E-state index is 13.0. The Bertz CT molecular complexity index is 1780. The van der Waals surface area contributed by atoms with E-state index in [0.717, 1.165) is 111 Å². The number of hydrogen-bond acceptors (Lipinski definition) is 5. The zero-order valence-corrected chi connectivity index (χ0v) is 28.5. The van der Waals surface area contributed by atoms with Crippen molar-refractivity contribution in [3.8, 4) is 16.9 Å². The number of nitrogens with zero attached hydrogens (tertiary/aromatic N) is 3. The molecule has 1 saturated carbocycles. The van der Waals surface area contributed by atoms with Gasteiger partial charge in [0.2, 0.25) is 0 Å². The molecule has 3 fully saturated rings. The number of Topliss-reactive ketones (excluding diaryl/α,β-unsaturated/α-hetero) is 1. The summed E-state index contributed by atoms with van der Waals surface area (Å²) in [5, 5.41) is 1.88. The Balaban J connectivity index is 1.06. The number of halogens is 4. The summed E-state index contributed by atoms with van der Waals surface area (Å²) in [5.74, 6) is -0.0627. The number of rotatable bonds is 12. The number of alkyl halides is 3. The standard InChI is InChI=1S/C39H44ClF3N4O2/c40-35-9-3-2-8-29(35)23-47-25-30-21-31(47)24-46(30)22-27-11-16-36-33(20-27)34(28-12-14-32(15-13-28)49-39(41,42)43)26-45(36)19-7-4-10-37(48)38(44)17-5-1-6-18-38/h2-3,8-9,11-16,20,26,30-31H,1,4-7,10,17-19,21-25,44H2. The van der Waals surface area contributed by atoms with Gasteiger partial charge in [-0.25, -0.2) is 0 Å². The number of fused-ring (bicyclic) bond motifs is 3. The van der Waals surface area contributed by atoms with Gasteiger partial charge >= 0.3 is 6.36 Å². The maximum Gasteiger partial charge on any atom is 0.573 e. The molecule has 1 aromatic heterocycles. The van der Waals surface area contributed by atoms with Crippen molar-refractivity contribution in [2.45, 2.75) is 101 Å². The van der Waals surface area contributed by atoms with Crippen LogP contribution in [0.4, 0.5) is 13.2 Å². The topological polar surface area (TPSA) is 63.7 Å². The van der Waals surface area contributed by atoms with Crippen molar-refractivity contribution in [2.24, 2.45) is 5.73 Å². The van der Waals surface area contributed by atoms with Gasteiger partial charge in [0.25, 0.3) is 0 Å². The van der Waals surface area contributed by atoms with Crippen molar-refractivity contribution >= 4 is 28.3 Å². The predicted molar refractivity (Wildman–Crippen MR) is 187 cm³/mol. The van der Waals surface area contributed by atoms with Crippen LogP contribution in [-0.2, 0) is 24.4 Å². The molecule has 2 atom stereocenters. The monoisotopic (exact) mass is 692 g/mol. The minimum atomic E-state index is -4.74. The number of hydrogen-bond donors (Lipinski definition) is 1. The van der Waals surface area contributed by atoms with Gasteiger partial charge < -0.3 is 15.0 Å². The number of unbranched alkanes of at least 4 members (excludes halogenated alkanes) is 1. The number of carbonyl (C=O) groups excluding carboxylic acids is 1. The van der Waals surface area contributed by atoms with Crippen molar-refractivity contribution < 1.29 is 22.7 Å². The number of ketones is 1. The molecule has 1 aliphatic carbocycles. The van der Waals surface area contributed by atoms with Crippen LogP contribution in [0, 0.1) is 0 Å². The molecular weight excluding hydrogens is 649 g/mol. The van der Waals surface area contributed by atoms with Crippen molar-refractivity contribution in [2.75, 3.05) is 13.1 Å². The molecule has 3 aromatic carbocycles. The molecule has 0 radical (unpaired) electrons. The van der Waals surface area contributed by atoms with Crippen LogP contribution in [0.3, 0.4) is 0 Å². The molecule has 2 unspecified atom stereocenters. The summed E-state index contributed by atoms with van der Waals surface area (Å²) in [6.07, 6.45) is 5.33. The first-order chi connectivity index (χ1) is 23.5. The van der Waals surface area contributed by atoms with Crippen LogP contribution in [0.5, 0.6) is 5.75 Å². The van der Waals surface area contributed by atoms with Gasteiger partial charge in [-0.2, -0.15) is 0 Å². The van der Waals surface area contributed by atoms with Crippen LogP contribution in [0.25, 0.3) is 22.0 Å². The van der Waals surface area contributed by atoms with Gasteiger partial charge in [0.15, 0.2) is 5.78 Å². The van der Waals surface area contributed by atoms with Gasteiger partial charge in [-0.05, 0) is 79.1 Å². The molecule has 2 saturated heterocycles. The molecular formula is C39H44ClF3N4O2. The fourth-order valence-electron chi connectivity index (χ4n) is 8.27. The normalized spacial score (nSPS) is 21.1. The van der Waals surface area contributed by atoms with Gasteiger partial charge in [-0.3, -0.25) is 14.6 Å². The molecule has 6 nitrogen and oxygen atoms in total. The first-order valence-corrected chi connectivity index (χ1v) is 17.9. The number of carbonyl (C=O) groups is 1. The third kappa shape index (κ3) is 7.70. The third-order valence-electron chi connectivity index (χ3n) is 10.9. The van der Waals surface area contributed by atoms with Crippen molar-refractivity contribution in [3.05, 3.63) is 89.1 Å². The van der Waals surface area contributed by atoms with Gasteiger partial charge in [0.1, 0.15) is 5.75 Å². The lowest BCUT2D eigenvalue weighted by molar-refractivity contribution is -0.274. The summed E-state index contributed by atoms with van der Waals surface area (Å²) in [6, 6.07) is 21.7. The summed E-state index contributed by atoms with van der Waals surface area (Å²) < 4.78 is 44.9. The van der Waals surface area contributed by atoms with Crippen LogP contribution in [0.2, 0.25) is 5.02 Å². The van der Waals surface area contributed by atoms with E-state index in [2.05, 4.69) is 49.6 Å². The molecule has 0 spiro atoms. The van der Waals surface area contributed by atoms with E-state index in [-0.39, 0.29) is 11.5 Å². The molecule has 260 valence electrons. The molecule has 4 aromatic rings. The Hall–Kier alpha value is -3.37. The average Bonchev–Trinajstić information content (AvgIpc) is 3.77. The van der Waals surface area contributed by atoms with E-state index in [1.165, 1.54) is 23.3 Å². The Kier molecular flexibility index (Phi) is 9.81. The Morgan fingerprint density at radius 2 is 1.63 bits per heavy atom. The number of piperazine rings is 1. The van der Waals surface area contributed by atoms with Crippen molar-refractivity contribution in [1.29, 1.82) is 0 Å². The highest BCUT2D eigenvalue weighted by atomic mass is 35.5. The molecule has 2 aliphatic heterocycles. The van der Waals surface area contributed by atoms with E-state index >= 15 is 0 Å². The molecule has 49 heavy (non-hydrogen) atoms. The van der Waals surface area contributed by atoms with E-state index in [1.54, 1.807) is 12.1 Å². The summed E-state index contributed by atoms with van der Waals surface area (Å²) in [4.78, 5) is 18.1. The highest BCUT2D eigenvalue weighted by Gasteiger charge is 2.43. The Labute approximate surface area is 290 Å². The SMILES string of the molecule is NC1(C(=O)CCCCn2cc(-c3ccc(OC(F)(F)F)cc3)c3cc(CN4CC5CC4CN5Cc4ccccc4Cl)ccc32)CCCCC1. The van der Waals surface area contributed by atoms with E-state index in [9.17, 15) is 18.0 Å². The summed E-state index contributed by atoms with van der Waals surface area (Å²) in [6.45, 7) is 4.45. The number of aromatic nitrogens is 1. The minimum absolute atomic E-state index is 0.179. The summed E-state index contributed by atoms with van der Waals surface area (Å²) >= 11 is 6.45. The molecule has 0 amide bonds. The number of benzene rings is 3. The lowest BCUT2D eigenvalue weighted by Crippen LogP contribution is -2.49. The van der Waals surface area contributed by atoms with E-state index in [4.69, 9.17) is 17.3 Å². The first kappa shape index (κ1) is 34.1. The zero-order chi connectivity index (χ0) is 34.2. The molecule has 10 heteroatoms. The molecule has 7 rings (SSSR count). The minimum Gasteiger partial charge on any atom is -0.406 e. The van der Waals surface area contributed by atoms with E-state index < -0.39 is 11.9 Å². The highest BCUT2D eigenvalue weighted by Crippen LogP contribution is 2.37. The second-order valence-electron chi connectivity index (χ2n) is 14.3. The second-order valence-corrected chi connectivity index (χ2v) is 14.7. The van der Waals surface area contributed by atoms with Crippen molar-refractivity contribution in [3.63, 3.8) is 0 Å². The average molecular weight is 693 g/mol. The second kappa shape index (κ2) is 14.1. The lowest BCUT2D eigenvalue weighted by atomic mass is 9.78. The lowest BCUT2D eigenvalue weighted by Gasteiger charge is -2.34. The quantitative estimate of drug-likeness (QED) is 0.151. The van der Waals surface area contributed by atoms with Crippen LogP contribution in [0.1, 0.15) is 68.9 Å². The third-order valence-corrected chi connectivity index (χ3v) is 11.3. The summed E-state index contributed by atoms with van der Waals surface area (Å²) in [7, 11) is 0. The molecule has 3 heterocycles. The molecule has 2 bridgehead atoms. The van der Waals surface area contributed by atoms with Gasteiger partial charge in [-0.15, -0.1) is 13.2 Å². The van der Waals surface area contributed by atoms with Crippen molar-refractivity contribution in [1.82, 2.24) is 14.4 Å². The van der Waals surface area contributed by atoms with Gasteiger partial charge in [0, 0.05) is 78.9 Å². The molecule has 2 N–H and O–H groups in total. The van der Waals surface area contributed by atoms with E-state index in [1.807, 2.05) is 18.2 Å². The zero-order valence-electron chi connectivity index (χ0n) is 27.7. The van der Waals surface area contributed by atoms with Crippen LogP contribution in [-0.4, -0.2) is 57.2 Å².